The van der Waals surface area contributed by atoms with Crippen molar-refractivity contribution in [2.75, 3.05) is 32.7 Å². The van der Waals surface area contributed by atoms with E-state index in [-0.39, 0.29) is 18.4 Å². The lowest BCUT2D eigenvalue weighted by Gasteiger charge is -2.35. The largest absolute Gasteiger partial charge is 0.338 e. The summed E-state index contributed by atoms with van der Waals surface area (Å²) in [6, 6.07) is 10.1. The second-order valence-electron chi connectivity index (χ2n) is 7.60. The van der Waals surface area contributed by atoms with Crippen molar-refractivity contribution in [3.8, 4) is 0 Å². The Morgan fingerprint density at radius 1 is 1.06 bits per heavy atom. The van der Waals surface area contributed by atoms with Crippen LogP contribution in [0, 0.1) is 0 Å². The molecule has 1 aromatic heterocycles. The molecule has 1 atom stereocenters. The summed E-state index contributed by atoms with van der Waals surface area (Å²) < 4.78 is 0.861. The van der Waals surface area contributed by atoms with Crippen LogP contribution in [0.1, 0.15) is 22.2 Å². The number of nitrogens with zero attached hydrogens (tertiary/aromatic N) is 3. The van der Waals surface area contributed by atoms with Crippen LogP contribution in [-0.2, 0) is 15.1 Å². The highest BCUT2D eigenvalue weighted by Crippen LogP contribution is 2.29. The van der Waals surface area contributed by atoms with Crippen molar-refractivity contribution < 1.29 is 19.2 Å². The highest BCUT2D eigenvalue weighted by Gasteiger charge is 2.49. The molecule has 31 heavy (non-hydrogen) atoms. The molecule has 2 fully saturated rings. The Morgan fingerprint density at radius 3 is 2.32 bits per heavy atom. The van der Waals surface area contributed by atoms with Gasteiger partial charge in [0.1, 0.15) is 12.1 Å². The average Bonchev–Trinajstić information content (AvgIpc) is 3.38. The van der Waals surface area contributed by atoms with Crippen molar-refractivity contribution in [1.82, 2.24) is 20.0 Å². The average molecular weight is 505 g/mol. The van der Waals surface area contributed by atoms with E-state index >= 15 is 0 Å². The summed E-state index contributed by atoms with van der Waals surface area (Å²) in [5.74, 6) is -0.812. The fourth-order valence-electron chi connectivity index (χ4n) is 3.77. The summed E-state index contributed by atoms with van der Waals surface area (Å²) in [6.07, 6.45) is 0. The van der Waals surface area contributed by atoms with Crippen LogP contribution in [0.15, 0.2) is 46.3 Å². The third-order valence-corrected chi connectivity index (χ3v) is 7.03. The molecule has 162 valence electrons. The summed E-state index contributed by atoms with van der Waals surface area (Å²) >= 11 is 4.74. The summed E-state index contributed by atoms with van der Waals surface area (Å²) in [6.45, 7) is 2.87. The standard InChI is InChI=1S/C21H21BrN4O4S/c1-21(14-4-6-15(22)7-5-14)19(29)26(20(30)23-21)13-17(27)24-8-10-25(11-9-24)18(28)16-3-2-12-31-16/h2-7,12H,8-11,13H2,1H3,(H,23,30)/t21-/m0/s1. The second-order valence-corrected chi connectivity index (χ2v) is 9.47. The molecule has 0 spiro atoms. The van der Waals surface area contributed by atoms with Gasteiger partial charge in [0.15, 0.2) is 0 Å². The molecule has 4 rings (SSSR count). The second kappa shape index (κ2) is 8.43. The number of urea groups is 1. The minimum Gasteiger partial charge on any atom is -0.338 e. The van der Waals surface area contributed by atoms with Gasteiger partial charge in [0.05, 0.1) is 4.88 Å². The Balaban J connectivity index is 1.37. The molecular formula is C21H21BrN4O4S. The summed E-state index contributed by atoms with van der Waals surface area (Å²) in [7, 11) is 0. The minimum atomic E-state index is -1.22. The van der Waals surface area contributed by atoms with E-state index in [1.807, 2.05) is 11.4 Å². The zero-order valence-corrected chi connectivity index (χ0v) is 19.2. The van der Waals surface area contributed by atoms with Crippen LogP contribution in [0.4, 0.5) is 4.79 Å². The van der Waals surface area contributed by atoms with Gasteiger partial charge in [-0.05, 0) is 36.1 Å². The normalized spacial score (nSPS) is 21.4. The maximum atomic E-state index is 13.0. The van der Waals surface area contributed by atoms with Gasteiger partial charge in [-0.3, -0.25) is 19.3 Å². The maximum absolute atomic E-state index is 13.0. The van der Waals surface area contributed by atoms with E-state index < -0.39 is 17.5 Å². The first-order valence-corrected chi connectivity index (χ1v) is 11.5. The first-order chi connectivity index (χ1) is 14.8. The van der Waals surface area contributed by atoms with Crippen molar-refractivity contribution in [2.45, 2.75) is 12.5 Å². The van der Waals surface area contributed by atoms with Crippen molar-refractivity contribution in [3.05, 3.63) is 56.7 Å². The van der Waals surface area contributed by atoms with Gasteiger partial charge in [0.25, 0.3) is 11.8 Å². The van der Waals surface area contributed by atoms with E-state index in [1.165, 1.54) is 11.3 Å². The quantitative estimate of drug-likeness (QED) is 0.646. The maximum Gasteiger partial charge on any atom is 0.325 e. The Morgan fingerprint density at radius 2 is 1.71 bits per heavy atom. The summed E-state index contributed by atoms with van der Waals surface area (Å²) in [5.41, 5.74) is -0.575. The van der Waals surface area contributed by atoms with Crippen molar-refractivity contribution in [1.29, 1.82) is 0 Å². The van der Waals surface area contributed by atoms with E-state index in [0.29, 0.717) is 36.6 Å². The van der Waals surface area contributed by atoms with Gasteiger partial charge < -0.3 is 15.1 Å². The molecular weight excluding hydrogens is 484 g/mol. The number of thiophene rings is 1. The van der Waals surface area contributed by atoms with Crippen LogP contribution in [0.25, 0.3) is 0 Å². The first kappa shape index (κ1) is 21.5. The number of benzene rings is 1. The molecule has 10 heteroatoms. The lowest BCUT2D eigenvalue weighted by Crippen LogP contribution is -2.53. The summed E-state index contributed by atoms with van der Waals surface area (Å²) in [5, 5.41) is 4.57. The number of hydrogen-bond acceptors (Lipinski definition) is 5. The lowest BCUT2D eigenvalue weighted by molar-refractivity contribution is -0.139. The number of halogens is 1. The topological polar surface area (TPSA) is 90.0 Å². The Labute approximate surface area is 191 Å². The van der Waals surface area contributed by atoms with Crippen LogP contribution in [-0.4, -0.2) is 71.2 Å². The van der Waals surface area contributed by atoms with E-state index in [0.717, 1.165) is 9.37 Å². The smallest absolute Gasteiger partial charge is 0.325 e. The zero-order chi connectivity index (χ0) is 22.2. The van der Waals surface area contributed by atoms with Gasteiger partial charge >= 0.3 is 6.03 Å². The molecule has 1 N–H and O–H groups in total. The van der Waals surface area contributed by atoms with Gasteiger partial charge in [-0.2, -0.15) is 0 Å². The Bertz CT molecular complexity index is 1020. The van der Waals surface area contributed by atoms with E-state index in [9.17, 15) is 19.2 Å². The lowest BCUT2D eigenvalue weighted by atomic mass is 9.92. The van der Waals surface area contributed by atoms with Crippen molar-refractivity contribution in [2.24, 2.45) is 0 Å². The monoisotopic (exact) mass is 504 g/mol. The molecule has 3 heterocycles. The molecule has 0 aliphatic carbocycles. The van der Waals surface area contributed by atoms with Crippen molar-refractivity contribution in [3.63, 3.8) is 0 Å². The number of amides is 5. The van der Waals surface area contributed by atoms with E-state index in [4.69, 9.17) is 0 Å². The highest BCUT2D eigenvalue weighted by molar-refractivity contribution is 9.10. The SMILES string of the molecule is C[C@@]1(c2ccc(Br)cc2)NC(=O)N(CC(=O)N2CCN(C(=O)c3cccs3)CC2)C1=O. The van der Waals surface area contributed by atoms with Crippen LogP contribution >= 0.6 is 27.3 Å². The third-order valence-electron chi connectivity index (χ3n) is 5.64. The first-order valence-electron chi connectivity index (χ1n) is 9.80. The van der Waals surface area contributed by atoms with Crippen LogP contribution in [0.3, 0.4) is 0 Å². The molecule has 5 amide bonds. The van der Waals surface area contributed by atoms with Crippen LogP contribution in [0.2, 0.25) is 0 Å². The predicted molar refractivity (Wildman–Crippen MR) is 119 cm³/mol. The molecule has 0 unspecified atom stereocenters. The van der Waals surface area contributed by atoms with Gasteiger partial charge in [0, 0.05) is 30.7 Å². The number of carbonyl (C=O) groups excluding carboxylic acids is 4. The zero-order valence-electron chi connectivity index (χ0n) is 16.8. The number of rotatable bonds is 4. The molecule has 1 aromatic carbocycles. The summed E-state index contributed by atoms with van der Waals surface area (Å²) in [4.78, 5) is 55.7. The minimum absolute atomic E-state index is 0.0403. The number of nitrogens with one attached hydrogen (secondary N) is 1. The van der Waals surface area contributed by atoms with Gasteiger partial charge in [-0.15, -0.1) is 11.3 Å². The van der Waals surface area contributed by atoms with E-state index in [2.05, 4.69) is 21.2 Å². The number of imide groups is 1. The van der Waals surface area contributed by atoms with Gasteiger partial charge in [0.2, 0.25) is 5.91 Å². The fraction of sp³-hybridized carbons (Fsp3) is 0.333. The fourth-order valence-corrected chi connectivity index (χ4v) is 4.72. The van der Waals surface area contributed by atoms with Gasteiger partial charge in [-0.1, -0.05) is 34.1 Å². The molecule has 2 aliphatic rings. The molecule has 0 radical (unpaired) electrons. The molecule has 2 saturated heterocycles. The Hall–Kier alpha value is -2.72. The molecule has 2 aliphatic heterocycles. The van der Waals surface area contributed by atoms with Gasteiger partial charge in [-0.25, -0.2) is 4.79 Å². The number of hydrogen-bond donors (Lipinski definition) is 1. The molecule has 0 saturated carbocycles. The van der Waals surface area contributed by atoms with E-state index in [1.54, 1.807) is 47.1 Å². The number of piperazine rings is 1. The highest BCUT2D eigenvalue weighted by atomic mass is 79.9. The third kappa shape index (κ3) is 4.09. The Kier molecular flexibility index (Phi) is 5.85. The molecule has 0 bridgehead atoms. The van der Waals surface area contributed by atoms with Crippen LogP contribution in [0.5, 0.6) is 0 Å². The van der Waals surface area contributed by atoms with Crippen molar-refractivity contribution >= 4 is 51.0 Å². The number of carbonyl (C=O) groups is 4. The molecule has 2 aromatic rings. The van der Waals surface area contributed by atoms with Crippen LogP contribution < -0.4 is 5.32 Å². The predicted octanol–water partition coefficient (Wildman–Crippen LogP) is 2.26. The molecule has 8 nitrogen and oxygen atoms in total.